The predicted molar refractivity (Wildman–Crippen MR) is 139 cm³/mol. The van der Waals surface area contributed by atoms with Crippen molar-refractivity contribution in [1.29, 1.82) is 0 Å². The summed E-state index contributed by atoms with van der Waals surface area (Å²) in [7, 11) is 0. The van der Waals surface area contributed by atoms with E-state index in [1.54, 1.807) is 16.8 Å². The number of piperazine rings is 1. The summed E-state index contributed by atoms with van der Waals surface area (Å²) < 4.78 is 1.67. The topological polar surface area (TPSA) is 135 Å². The Labute approximate surface area is 215 Å². The van der Waals surface area contributed by atoms with Crippen LogP contribution in [0.1, 0.15) is 42.1 Å². The lowest BCUT2D eigenvalue weighted by Gasteiger charge is -2.36. The third-order valence-electron chi connectivity index (χ3n) is 6.78. The van der Waals surface area contributed by atoms with Crippen molar-refractivity contribution in [1.82, 2.24) is 34.4 Å². The van der Waals surface area contributed by atoms with Crippen LogP contribution < -0.4 is 16.4 Å². The molecule has 12 heteroatoms. The summed E-state index contributed by atoms with van der Waals surface area (Å²) in [4.78, 5) is 45.2. The van der Waals surface area contributed by atoms with Crippen LogP contribution in [0.5, 0.6) is 5.88 Å². The number of nitrogens with zero attached hydrogens (tertiary/aromatic N) is 6. The molecule has 192 valence electrons. The Hall–Kier alpha value is -3.77. The maximum absolute atomic E-state index is 13.2. The van der Waals surface area contributed by atoms with Gasteiger partial charge in [-0.05, 0) is 44.9 Å². The number of hydrogen-bond acceptors (Lipinski definition) is 8. The third-order valence-corrected chi connectivity index (χ3v) is 7.87. The van der Waals surface area contributed by atoms with Gasteiger partial charge in [-0.1, -0.05) is 0 Å². The average Bonchev–Trinajstić information content (AvgIpc) is 3.25. The van der Waals surface area contributed by atoms with Gasteiger partial charge in [-0.3, -0.25) is 19.7 Å². The molecule has 4 aromatic heterocycles. The van der Waals surface area contributed by atoms with Gasteiger partial charge in [-0.25, -0.2) is 9.78 Å². The fourth-order valence-electron chi connectivity index (χ4n) is 4.51. The Morgan fingerprint density at radius 1 is 1.22 bits per heavy atom. The maximum atomic E-state index is 13.2. The number of aromatic amines is 2. The van der Waals surface area contributed by atoms with Gasteiger partial charge in [-0.15, -0.1) is 11.3 Å². The molecule has 1 aliphatic heterocycles. The maximum Gasteiger partial charge on any atom is 0.326 e. The Balaban J connectivity index is 1.37. The monoisotopic (exact) mass is 520 g/mol. The van der Waals surface area contributed by atoms with Crippen LogP contribution in [-0.2, 0) is 0 Å². The van der Waals surface area contributed by atoms with Crippen molar-refractivity contribution < 1.29 is 9.90 Å². The zero-order valence-corrected chi connectivity index (χ0v) is 21.5. The molecular formula is C25H28N8O3S. The van der Waals surface area contributed by atoms with Gasteiger partial charge in [0.05, 0.1) is 27.7 Å². The highest BCUT2D eigenvalue weighted by molar-refractivity contribution is 7.17. The van der Waals surface area contributed by atoms with Gasteiger partial charge in [-0.2, -0.15) is 9.61 Å². The number of thiophene rings is 1. The number of rotatable bonds is 5. The second-order valence-electron chi connectivity index (χ2n) is 9.77. The predicted octanol–water partition coefficient (Wildman–Crippen LogP) is 0.957. The number of carbonyl (C=O) groups is 1. The summed E-state index contributed by atoms with van der Waals surface area (Å²) in [6.07, 6.45) is 5.33. The molecular weight excluding hydrogens is 492 g/mol. The minimum absolute atomic E-state index is 0.0499. The Kier molecular flexibility index (Phi) is 5.92. The summed E-state index contributed by atoms with van der Waals surface area (Å²) >= 11 is 1.42. The molecule has 5 heterocycles. The van der Waals surface area contributed by atoms with E-state index in [9.17, 15) is 14.7 Å². The lowest BCUT2D eigenvalue weighted by molar-refractivity contribution is 0.0600. The summed E-state index contributed by atoms with van der Waals surface area (Å²) in [5.41, 5.74) is 1.67. The molecule has 0 unspecified atom stereocenters. The fraction of sp³-hybridized carbons (Fsp3) is 0.400. The van der Waals surface area contributed by atoms with Crippen molar-refractivity contribution in [2.24, 2.45) is 4.99 Å². The Morgan fingerprint density at radius 2 is 2.00 bits per heavy atom. The molecule has 3 N–H and O–H groups in total. The molecule has 1 saturated heterocycles. The SMILES string of the molecule is CC(C)N1CCN(C(=O)c2ccc(-c3cc(=NC4CC4)n4ncc(=Cc5[nH]c(=O)[nH]c5O)c4n3)s2)CC1. The zero-order chi connectivity index (χ0) is 25.7. The Bertz CT molecular complexity index is 1650. The largest absolute Gasteiger partial charge is 0.493 e. The molecule has 2 aliphatic rings. The van der Waals surface area contributed by atoms with Crippen molar-refractivity contribution in [3.8, 4) is 16.5 Å². The molecule has 4 aromatic rings. The second-order valence-corrected chi connectivity index (χ2v) is 10.9. The van der Waals surface area contributed by atoms with Crippen LogP contribution in [0, 0.1) is 0 Å². The van der Waals surface area contributed by atoms with Crippen LogP contribution in [0.25, 0.3) is 22.3 Å². The number of amides is 1. The van der Waals surface area contributed by atoms with E-state index in [2.05, 4.69) is 33.8 Å². The van der Waals surface area contributed by atoms with Gasteiger partial charge in [0, 0.05) is 43.5 Å². The van der Waals surface area contributed by atoms with E-state index in [-0.39, 0.29) is 23.5 Å². The number of aromatic hydroxyl groups is 1. The molecule has 0 spiro atoms. The van der Waals surface area contributed by atoms with Crippen LogP contribution in [0.4, 0.5) is 0 Å². The van der Waals surface area contributed by atoms with E-state index in [0.29, 0.717) is 33.0 Å². The number of H-pyrrole nitrogens is 2. The lowest BCUT2D eigenvalue weighted by Crippen LogP contribution is -2.50. The number of carbonyl (C=O) groups excluding carboxylic acids is 1. The first kappa shape index (κ1) is 23.6. The van der Waals surface area contributed by atoms with Crippen molar-refractivity contribution in [3.63, 3.8) is 0 Å². The molecule has 0 bridgehead atoms. The highest BCUT2D eigenvalue weighted by atomic mass is 32.1. The van der Waals surface area contributed by atoms with Gasteiger partial charge in [0.25, 0.3) is 5.91 Å². The van der Waals surface area contributed by atoms with Gasteiger partial charge >= 0.3 is 5.69 Å². The van der Waals surface area contributed by atoms with E-state index in [4.69, 9.17) is 9.98 Å². The fourth-order valence-corrected chi connectivity index (χ4v) is 5.44. The van der Waals surface area contributed by atoms with E-state index in [1.165, 1.54) is 11.3 Å². The van der Waals surface area contributed by atoms with Crippen LogP contribution in [0.2, 0.25) is 0 Å². The summed E-state index contributed by atoms with van der Waals surface area (Å²) in [5, 5.41) is 15.1. The first-order valence-corrected chi connectivity index (χ1v) is 13.3. The van der Waals surface area contributed by atoms with E-state index in [1.807, 2.05) is 23.1 Å². The third kappa shape index (κ3) is 4.69. The zero-order valence-electron chi connectivity index (χ0n) is 20.6. The smallest absolute Gasteiger partial charge is 0.326 e. The molecule has 0 aromatic carbocycles. The Morgan fingerprint density at radius 3 is 2.68 bits per heavy atom. The molecule has 2 fully saturated rings. The van der Waals surface area contributed by atoms with Crippen molar-refractivity contribution >= 4 is 29.0 Å². The molecule has 0 atom stereocenters. The van der Waals surface area contributed by atoms with Crippen LogP contribution in [-0.4, -0.2) is 83.6 Å². The molecule has 37 heavy (non-hydrogen) atoms. The summed E-state index contributed by atoms with van der Waals surface area (Å²) in [5.74, 6) is -0.201. The normalized spacial score (nSPS) is 18.0. The molecule has 0 radical (unpaired) electrons. The minimum Gasteiger partial charge on any atom is -0.493 e. The van der Waals surface area contributed by atoms with Crippen LogP contribution in [0.15, 0.2) is 34.2 Å². The molecule has 6 rings (SSSR count). The first-order chi connectivity index (χ1) is 17.9. The quantitative estimate of drug-likeness (QED) is 0.359. The summed E-state index contributed by atoms with van der Waals surface area (Å²) in [6.45, 7) is 7.58. The van der Waals surface area contributed by atoms with Gasteiger partial charge in [0.1, 0.15) is 5.69 Å². The van der Waals surface area contributed by atoms with E-state index in [0.717, 1.165) is 43.9 Å². The number of nitrogens with one attached hydrogen (secondary N) is 2. The first-order valence-electron chi connectivity index (χ1n) is 12.4. The standard InChI is InChI=1S/C25H28N8O3S/c1-14(2)31-7-9-32(10-8-31)24(35)20-6-5-19(37-20)17-12-21(27-16-3-4-16)33-22(28-17)15(13-26-33)11-18-23(34)30-25(36)29-18/h5-6,11-14,16,34H,3-4,7-10H2,1-2H3,(H2,29,30,36). The van der Waals surface area contributed by atoms with E-state index < -0.39 is 5.69 Å². The second kappa shape index (κ2) is 9.27. The van der Waals surface area contributed by atoms with E-state index >= 15 is 0 Å². The van der Waals surface area contributed by atoms with Crippen molar-refractivity contribution in [2.75, 3.05) is 26.2 Å². The highest BCUT2D eigenvalue weighted by Crippen LogP contribution is 2.28. The number of aromatic nitrogens is 5. The van der Waals surface area contributed by atoms with Crippen molar-refractivity contribution in [3.05, 3.63) is 56.2 Å². The van der Waals surface area contributed by atoms with Crippen molar-refractivity contribution in [2.45, 2.75) is 38.8 Å². The van der Waals surface area contributed by atoms with Crippen LogP contribution in [0.3, 0.4) is 0 Å². The lowest BCUT2D eigenvalue weighted by atomic mass is 10.2. The molecule has 1 aliphatic carbocycles. The highest BCUT2D eigenvalue weighted by Gasteiger charge is 2.25. The van der Waals surface area contributed by atoms with Crippen LogP contribution >= 0.6 is 11.3 Å². The minimum atomic E-state index is -0.500. The number of fused-ring (bicyclic) bond motifs is 1. The number of hydrogen-bond donors (Lipinski definition) is 3. The van der Waals surface area contributed by atoms with Gasteiger partial charge in [0.2, 0.25) is 5.88 Å². The van der Waals surface area contributed by atoms with Gasteiger partial charge < -0.3 is 15.0 Å². The molecule has 11 nitrogen and oxygen atoms in total. The number of imidazole rings is 1. The average molecular weight is 521 g/mol. The molecule has 1 saturated carbocycles. The van der Waals surface area contributed by atoms with Gasteiger partial charge in [0.15, 0.2) is 11.1 Å². The molecule has 1 amide bonds. The summed E-state index contributed by atoms with van der Waals surface area (Å²) in [6, 6.07) is 6.45.